The number of hydrogen-bond acceptors (Lipinski definition) is 5. The quantitative estimate of drug-likeness (QED) is 0.646. The van der Waals surface area contributed by atoms with Gasteiger partial charge in [0, 0.05) is 24.5 Å². The molecule has 0 spiro atoms. The van der Waals surface area contributed by atoms with E-state index in [4.69, 9.17) is 10.9 Å². The van der Waals surface area contributed by atoms with Gasteiger partial charge < -0.3 is 16.0 Å². The lowest BCUT2D eigenvalue weighted by atomic mass is 10.3. The highest BCUT2D eigenvalue weighted by Crippen LogP contribution is 2.19. The molecule has 0 aliphatic heterocycles. The predicted molar refractivity (Wildman–Crippen MR) is 73.9 cm³/mol. The molecule has 0 saturated heterocycles. The summed E-state index contributed by atoms with van der Waals surface area (Å²) in [6.07, 6.45) is 0. The number of rotatable bonds is 6. The lowest BCUT2D eigenvalue weighted by Crippen LogP contribution is -2.24. The molecular formula is C11H20N4O2S. The fourth-order valence-corrected chi connectivity index (χ4v) is 2.03. The molecule has 0 saturated carbocycles. The topological polar surface area (TPSA) is 101 Å². The molecule has 0 heterocycles. The van der Waals surface area contributed by atoms with Crippen LogP contribution >= 0.6 is 0 Å². The second-order valence-electron chi connectivity index (χ2n) is 4.16. The van der Waals surface area contributed by atoms with Gasteiger partial charge in [-0.2, -0.15) is 0 Å². The largest absolute Gasteiger partial charge is 0.399 e. The normalized spacial score (nSPS) is 11.8. The van der Waals surface area contributed by atoms with E-state index in [1.54, 1.807) is 6.07 Å². The van der Waals surface area contributed by atoms with Crippen molar-refractivity contribution < 1.29 is 8.42 Å². The molecule has 102 valence electrons. The highest BCUT2D eigenvalue weighted by atomic mass is 32.2. The Morgan fingerprint density at radius 2 is 2.00 bits per heavy atom. The minimum absolute atomic E-state index is 0.0221. The van der Waals surface area contributed by atoms with E-state index in [0.717, 1.165) is 13.1 Å². The monoisotopic (exact) mass is 272 g/mol. The van der Waals surface area contributed by atoms with Crippen LogP contribution in [0.3, 0.4) is 0 Å². The highest BCUT2D eigenvalue weighted by Gasteiger charge is 2.09. The molecule has 18 heavy (non-hydrogen) atoms. The van der Waals surface area contributed by atoms with Gasteiger partial charge in [-0.05, 0) is 31.8 Å². The third kappa shape index (κ3) is 4.52. The molecule has 0 fully saturated rings. The smallest absolute Gasteiger partial charge is 0.238 e. The summed E-state index contributed by atoms with van der Waals surface area (Å²) in [7, 11) is -1.71. The number of nitrogens with zero attached hydrogens (tertiary/aromatic N) is 1. The Morgan fingerprint density at radius 3 is 2.56 bits per heavy atom. The van der Waals surface area contributed by atoms with E-state index in [1.165, 1.54) is 12.1 Å². The van der Waals surface area contributed by atoms with E-state index in [9.17, 15) is 8.42 Å². The second kappa shape index (κ2) is 6.03. The molecule has 1 aromatic rings. The fourth-order valence-electron chi connectivity index (χ4n) is 1.44. The number of benzene rings is 1. The van der Waals surface area contributed by atoms with Gasteiger partial charge >= 0.3 is 0 Å². The van der Waals surface area contributed by atoms with Crippen molar-refractivity contribution in [3.63, 3.8) is 0 Å². The number of likely N-dealkylation sites (N-methyl/N-ethyl adjacent to an activating group) is 1. The number of nitrogens with two attached hydrogens (primary N) is 2. The van der Waals surface area contributed by atoms with Crippen LogP contribution in [-0.4, -0.2) is 40.0 Å². The third-order valence-corrected chi connectivity index (χ3v) is 3.51. The molecule has 0 atom stereocenters. The molecule has 1 rings (SSSR count). The van der Waals surface area contributed by atoms with Crippen LogP contribution in [0, 0.1) is 0 Å². The molecule has 0 aromatic heterocycles. The molecule has 7 heteroatoms. The van der Waals surface area contributed by atoms with Crippen molar-refractivity contribution in [3.8, 4) is 0 Å². The number of sulfonamides is 1. The van der Waals surface area contributed by atoms with Crippen molar-refractivity contribution in [2.45, 2.75) is 11.8 Å². The minimum atomic E-state index is -3.72. The van der Waals surface area contributed by atoms with Gasteiger partial charge in [-0.15, -0.1) is 0 Å². The van der Waals surface area contributed by atoms with Gasteiger partial charge in [-0.25, -0.2) is 13.6 Å². The van der Waals surface area contributed by atoms with Crippen molar-refractivity contribution in [1.29, 1.82) is 0 Å². The van der Waals surface area contributed by atoms with Gasteiger partial charge in [-0.1, -0.05) is 6.92 Å². The first-order valence-corrected chi connectivity index (χ1v) is 7.23. The molecule has 6 nitrogen and oxygen atoms in total. The maximum absolute atomic E-state index is 11.3. The number of anilines is 2. The molecule has 0 radical (unpaired) electrons. The minimum Gasteiger partial charge on any atom is -0.399 e. The van der Waals surface area contributed by atoms with E-state index >= 15 is 0 Å². The van der Waals surface area contributed by atoms with Crippen LogP contribution < -0.4 is 16.2 Å². The summed E-state index contributed by atoms with van der Waals surface area (Å²) in [6.45, 7) is 4.59. The standard InChI is InChI=1S/C11H20N4O2S/c1-3-15(2)5-4-14-10-6-9(12)7-11(8-10)18(13,16)17/h6-8,14H,3-5,12H2,1-2H3,(H2,13,16,17). The fraction of sp³-hybridized carbons (Fsp3) is 0.455. The Balaban J connectivity index is 2.75. The molecule has 0 bridgehead atoms. The number of nitrogens with one attached hydrogen (secondary N) is 1. The van der Waals surface area contributed by atoms with Crippen LogP contribution in [-0.2, 0) is 10.0 Å². The van der Waals surface area contributed by atoms with Crippen LogP contribution in [0.15, 0.2) is 23.1 Å². The van der Waals surface area contributed by atoms with Gasteiger partial charge in [0.2, 0.25) is 10.0 Å². The van der Waals surface area contributed by atoms with Gasteiger partial charge in [-0.3, -0.25) is 0 Å². The summed E-state index contributed by atoms with van der Waals surface area (Å²) >= 11 is 0. The first-order valence-electron chi connectivity index (χ1n) is 5.68. The summed E-state index contributed by atoms with van der Waals surface area (Å²) in [6, 6.07) is 4.51. The summed E-state index contributed by atoms with van der Waals surface area (Å²) in [5, 5.41) is 8.20. The Kier molecular flexibility index (Phi) is 4.94. The van der Waals surface area contributed by atoms with Crippen LogP contribution in [0.2, 0.25) is 0 Å². The van der Waals surface area contributed by atoms with Crippen molar-refractivity contribution >= 4 is 21.4 Å². The van der Waals surface area contributed by atoms with Gasteiger partial charge in [0.25, 0.3) is 0 Å². The average Bonchev–Trinajstić information content (AvgIpc) is 2.27. The molecule has 0 aliphatic rings. The van der Waals surface area contributed by atoms with Crippen molar-refractivity contribution in [2.75, 3.05) is 37.7 Å². The van der Waals surface area contributed by atoms with Crippen LogP contribution in [0.1, 0.15) is 6.92 Å². The summed E-state index contributed by atoms with van der Waals surface area (Å²) in [5.74, 6) is 0. The predicted octanol–water partition coefficient (Wildman–Crippen LogP) is 0.280. The number of nitrogen functional groups attached to an aromatic ring is 1. The highest BCUT2D eigenvalue weighted by molar-refractivity contribution is 7.89. The zero-order valence-corrected chi connectivity index (χ0v) is 11.5. The van der Waals surface area contributed by atoms with Crippen LogP contribution in [0.5, 0.6) is 0 Å². The first kappa shape index (κ1) is 14.7. The van der Waals surface area contributed by atoms with E-state index in [-0.39, 0.29) is 4.90 Å². The SMILES string of the molecule is CCN(C)CCNc1cc(N)cc(S(N)(=O)=O)c1. The molecule has 5 N–H and O–H groups in total. The third-order valence-electron chi connectivity index (χ3n) is 2.62. The summed E-state index contributed by atoms with van der Waals surface area (Å²) < 4.78 is 22.5. The Hall–Kier alpha value is -1.31. The maximum Gasteiger partial charge on any atom is 0.238 e. The molecule has 0 unspecified atom stereocenters. The van der Waals surface area contributed by atoms with E-state index in [2.05, 4.69) is 17.1 Å². The average molecular weight is 272 g/mol. The Morgan fingerprint density at radius 1 is 1.33 bits per heavy atom. The first-order chi connectivity index (χ1) is 8.32. The molecule has 1 aromatic carbocycles. The zero-order chi connectivity index (χ0) is 13.8. The van der Waals surface area contributed by atoms with Crippen molar-refractivity contribution in [3.05, 3.63) is 18.2 Å². The van der Waals surface area contributed by atoms with E-state index in [0.29, 0.717) is 17.9 Å². The Labute approximate surface area is 108 Å². The van der Waals surface area contributed by atoms with Crippen molar-refractivity contribution in [1.82, 2.24) is 4.90 Å². The molecule has 0 amide bonds. The Bertz CT molecular complexity index is 502. The van der Waals surface area contributed by atoms with Gasteiger partial charge in [0.05, 0.1) is 4.90 Å². The second-order valence-corrected chi connectivity index (χ2v) is 5.72. The molecular weight excluding hydrogens is 252 g/mol. The lowest BCUT2D eigenvalue weighted by Gasteiger charge is -2.15. The van der Waals surface area contributed by atoms with E-state index in [1.807, 2.05) is 7.05 Å². The van der Waals surface area contributed by atoms with Gasteiger partial charge in [0.1, 0.15) is 0 Å². The number of hydrogen-bond donors (Lipinski definition) is 3. The van der Waals surface area contributed by atoms with Crippen molar-refractivity contribution in [2.24, 2.45) is 5.14 Å². The molecule has 0 aliphatic carbocycles. The van der Waals surface area contributed by atoms with Crippen LogP contribution in [0.4, 0.5) is 11.4 Å². The zero-order valence-electron chi connectivity index (χ0n) is 10.7. The summed E-state index contributed by atoms with van der Waals surface area (Å²) in [4.78, 5) is 2.16. The van der Waals surface area contributed by atoms with Crippen LogP contribution in [0.25, 0.3) is 0 Å². The maximum atomic E-state index is 11.3. The lowest BCUT2D eigenvalue weighted by molar-refractivity contribution is 0.367. The van der Waals surface area contributed by atoms with E-state index < -0.39 is 10.0 Å². The summed E-state index contributed by atoms with van der Waals surface area (Å²) in [5.41, 5.74) is 6.67. The number of primary sulfonamides is 1. The van der Waals surface area contributed by atoms with Gasteiger partial charge in [0.15, 0.2) is 0 Å².